The van der Waals surface area contributed by atoms with Crippen molar-refractivity contribution in [3.63, 3.8) is 0 Å². The Morgan fingerprint density at radius 1 is 1.18 bits per heavy atom. The van der Waals surface area contributed by atoms with E-state index in [-0.39, 0.29) is 49.4 Å². The van der Waals surface area contributed by atoms with Crippen LogP contribution in [0.1, 0.15) is 46.4 Å². The molecule has 40 heavy (non-hydrogen) atoms. The average Bonchev–Trinajstić information content (AvgIpc) is 2.90. The lowest BCUT2D eigenvalue weighted by Crippen LogP contribution is -2.58. The van der Waals surface area contributed by atoms with Crippen molar-refractivity contribution in [2.24, 2.45) is 0 Å². The van der Waals surface area contributed by atoms with Crippen molar-refractivity contribution in [3.8, 4) is 11.5 Å². The normalized spacial score (nSPS) is 17.7. The van der Waals surface area contributed by atoms with Gasteiger partial charge in [-0.05, 0) is 49.1 Å². The first-order valence-corrected chi connectivity index (χ1v) is 12.6. The van der Waals surface area contributed by atoms with Gasteiger partial charge in [0.05, 0.1) is 0 Å². The Kier molecular flexibility index (Phi) is 8.09. The number of aromatic hydroxyl groups is 1. The number of aromatic carboxylic acids is 1. The van der Waals surface area contributed by atoms with Crippen LogP contribution in [0.4, 0.5) is 9.18 Å². The van der Waals surface area contributed by atoms with Crippen molar-refractivity contribution < 1.29 is 48.3 Å². The maximum atomic E-state index is 14.2. The zero-order valence-corrected chi connectivity index (χ0v) is 21.7. The second-order valence-corrected chi connectivity index (χ2v) is 9.63. The highest BCUT2D eigenvalue weighted by Crippen LogP contribution is 2.38. The molecule has 0 unspecified atom stereocenters. The molecule has 0 aliphatic carbocycles. The highest BCUT2D eigenvalue weighted by atomic mass is 19.1. The number of carbonyl (C=O) groups is 5. The summed E-state index contributed by atoms with van der Waals surface area (Å²) in [7, 11) is -1.56. The molecule has 2 aliphatic heterocycles. The summed E-state index contributed by atoms with van der Waals surface area (Å²) in [5.74, 6) is -6.47. The largest absolute Gasteiger partial charge is 0.535 e. The average molecular weight is 555 g/mol. The number of carboxylic acid groups (broad SMARTS) is 1. The van der Waals surface area contributed by atoms with Crippen LogP contribution in [-0.2, 0) is 20.8 Å². The first kappa shape index (κ1) is 28.6. The topological polar surface area (TPSA) is 174 Å². The number of amides is 4. The quantitative estimate of drug-likeness (QED) is 0.291. The fraction of sp³-hybridized carbons (Fsp3) is 0.346. The Hall–Kier alpha value is -4.46. The van der Waals surface area contributed by atoms with Crippen molar-refractivity contribution in [2.75, 3.05) is 19.6 Å². The second-order valence-electron chi connectivity index (χ2n) is 9.63. The van der Waals surface area contributed by atoms with Gasteiger partial charge in [0.25, 0.3) is 0 Å². The number of Topliss-reactive ketones (excluding diaryl/α,β-unsaturated/α-hetero) is 1. The fourth-order valence-electron chi connectivity index (χ4n) is 4.86. The number of nitrogens with zero attached hydrogens (tertiary/aromatic N) is 2. The number of phenols is 1. The molecule has 2 aromatic rings. The van der Waals surface area contributed by atoms with Gasteiger partial charge in [-0.2, -0.15) is 0 Å². The third-order valence-electron chi connectivity index (χ3n) is 7.08. The molecule has 4 N–H and O–H groups in total. The van der Waals surface area contributed by atoms with E-state index in [4.69, 9.17) is 4.65 Å². The van der Waals surface area contributed by atoms with E-state index in [2.05, 4.69) is 5.32 Å². The monoisotopic (exact) mass is 555 g/mol. The zero-order chi connectivity index (χ0) is 29.3. The molecule has 1 saturated heterocycles. The number of nitrogens with one attached hydrogen (secondary N) is 1. The first-order valence-electron chi connectivity index (χ1n) is 12.6. The number of hydrogen-bond donors (Lipinski definition) is 4. The van der Waals surface area contributed by atoms with E-state index in [1.54, 1.807) is 26.0 Å². The molecular formula is C26H27BFN3O9. The molecule has 0 bridgehead atoms. The highest BCUT2D eigenvalue weighted by Gasteiger charge is 2.41. The second kappa shape index (κ2) is 11.3. The number of rotatable bonds is 7. The number of ketones is 1. The molecule has 210 valence electrons. The van der Waals surface area contributed by atoms with Gasteiger partial charge in [0, 0.05) is 31.9 Å². The minimum Gasteiger partial charge on any atom is -0.535 e. The minimum atomic E-state index is -1.56. The number of piperazine rings is 1. The van der Waals surface area contributed by atoms with Gasteiger partial charge in [0.1, 0.15) is 17.4 Å². The summed E-state index contributed by atoms with van der Waals surface area (Å²) in [6.45, 7) is 3.52. The maximum Gasteiger partial charge on any atom is 0.526 e. The van der Waals surface area contributed by atoms with Crippen LogP contribution < -0.4 is 9.97 Å². The predicted molar refractivity (Wildman–Crippen MR) is 137 cm³/mol. The van der Waals surface area contributed by atoms with E-state index in [1.807, 2.05) is 0 Å². The number of benzene rings is 2. The molecule has 4 amide bonds. The lowest BCUT2D eigenvalue weighted by atomic mass is 9.64. The molecule has 1 fully saturated rings. The summed E-state index contributed by atoms with van der Waals surface area (Å²) in [4.78, 5) is 65.0. The van der Waals surface area contributed by atoms with Crippen LogP contribution in [0.3, 0.4) is 0 Å². The number of halogens is 1. The summed E-state index contributed by atoms with van der Waals surface area (Å²) in [5.41, 5.74) is 0.738. The molecular weight excluding hydrogens is 528 g/mol. The number of aryl methyl sites for hydroxylation is 1. The molecule has 0 radical (unpaired) electrons. The van der Waals surface area contributed by atoms with E-state index in [0.717, 1.165) is 12.1 Å². The lowest BCUT2D eigenvalue weighted by molar-refractivity contribution is -0.153. The molecule has 0 aromatic heterocycles. The van der Waals surface area contributed by atoms with Crippen molar-refractivity contribution in [3.05, 3.63) is 58.4 Å². The van der Waals surface area contributed by atoms with Crippen LogP contribution in [0.15, 0.2) is 30.3 Å². The van der Waals surface area contributed by atoms with Gasteiger partial charge in [-0.1, -0.05) is 18.2 Å². The van der Waals surface area contributed by atoms with Gasteiger partial charge < -0.3 is 30.1 Å². The maximum absolute atomic E-state index is 14.2. The predicted octanol–water partition coefficient (Wildman–Crippen LogP) is 1.42. The molecule has 0 saturated carbocycles. The zero-order valence-electron chi connectivity index (χ0n) is 21.7. The SMILES string of the molecule is CCN1CCN(C(=O)N[C@H](C(=O)C[C@H]2Cc3ccc(C)c(C(=O)O)c3OB2O)c2ccc(O)c(F)c2)C(=O)C1=O. The Bertz CT molecular complexity index is 1400. The van der Waals surface area contributed by atoms with Crippen LogP contribution in [-0.4, -0.2) is 81.4 Å². The molecule has 2 aromatic carbocycles. The number of hydrogen-bond acceptors (Lipinski definition) is 8. The number of likely N-dealkylation sites (N-methyl/N-ethyl adjacent to an activating group) is 1. The number of imide groups is 1. The fourth-order valence-corrected chi connectivity index (χ4v) is 4.86. The summed E-state index contributed by atoms with van der Waals surface area (Å²) in [5, 5.41) is 32.2. The summed E-state index contributed by atoms with van der Waals surface area (Å²) < 4.78 is 19.7. The number of carboxylic acids is 1. The number of urea groups is 1. The van der Waals surface area contributed by atoms with Gasteiger partial charge >= 0.3 is 30.9 Å². The Morgan fingerprint density at radius 3 is 2.55 bits per heavy atom. The van der Waals surface area contributed by atoms with Crippen molar-refractivity contribution >= 4 is 36.7 Å². The van der Waals surface area contributed by atoms with Crippen molar-refractivity contribution in [2.45, 2.75) is 38.5 Å². The molecule has 0 spiro atoms. The van der Waals surface area contributed by atoms with Crippen LogP contribution in [0.5, 0.6) is 11.5 Å². The third kappa shape index (κ3) is 5.48. The van der Waals surface area contributed by atoms with Crippen LogP contribution in [0.25, 0.3) is 0 Å². The summed E-state index contributed by atoms with van der Waals surface area (Å²) in [6.07, 6.45) is -0.319. The molecule has 2 atom stereocenters. The Balaban J connectivity index is 1.58. The molecule has 4 rings (SSSR count). The van der Waals surface area contributed by atoms with Gasteiger partial charge in [-0.25, -0.2) is 14.0 Å². The van der Waals surface area contributed by atoms with Gasteiger partial charge in [0.2, 0.25) is 0 Å². The molecule has 2 heterocycles. The molecule has 12 nitrogen and oxygen atoms in total. The molecule has 14 heteroatoms. The molecule has 2 aliphatic rings. The van der Waals surface area contributed by atoms with Crippen molar-refractivity contribution in [1.29, 1.82) is 0 Å². The van der Waals surface area contributed by atoms with Gasteiger partial charge in [-0.3, -0.25) is 19.3 Å². The summed E-state index contributed by atoms with van der Waals surface area (Å²) in [6, 6.07) is 3.72. The number of phenolic OH excluding ortho intramolecular Hbond substituents is 1. The van der Waals surface area contributed by atoms with E-state index in [9.17, 15) is 43.6 Å². The van der Waals surface area contributed by atoms with E-state index < -0.39 is 60.1 Å². The van der Waals surface area contributed by atoms with Crippen LogP contribution >= 0.6 is 0 Å². The third-order valence-corrected chi connectivity index (χ3v) is 7.08. The number of fused-ring (bicyclic) bond motifs is 1. The Morgan fingerprint density at radius 2 is 1.90 bits per heavy atom. The number of carbonyl (C=O) groups excluding carboxylic acids is 4. The standard InChI is InChI=1S/C26H27BFN3O9/c1-3-30-8-9-31(24(35)23(30)34)26(38)29-21(14-6-7-18(32)17(28)11-14)19(33)12-16-10-15-5-4-13(2)20(25(36)37)22(15)40-27(16)39/h4-7,11,16,21,32,39H,3,8-10,12H2,1-2H3,(H,29,38)(H,36,37)/t16-,21+/m1/s1. The van der Waals surface area contributed by atoms with Crippen LogP contribution in [0, 0.1) is 12.7 Å². The van der Waals surface area contributed by atoms with E-state index >= 15 is 0 Å². The van der Waals surface area contributed by atoms with E-state index in [1.165, 1.54) is 11.0 Å². The Labute approximate surface area is 228 Å². The van der Waals surface area contributed by atoms with Gasteiger partial charge in [0.15, 0.2) is 17.3 Å². The van der Waals surface area contributed by atoms with Crippen LogP contribution in [0.2, 0.25) is 5.82 Å². The minimum absolute atomic E-state index is 0.00329. The van der Waals surface area contributed by atoms with E-state index in [0.29, 0.717) is 16.0 Å². The first-order chi connectivity index (χ1) is 18.9. The van der Waals surface area contributed by atoms with Crippen molar-refractivity contribution in [1.82, 2.24) is 15.1 Å². The smallest absolute Gasteiger partial charge is 0.526 e. The highest BCUT2D eigenvalue weighted by molar-refractivity contribution is 6.47. The summed E-state index contributed by atoms with van der Waals surface area (Å²) >= 11 is 0. The van der Waals surface area contributed by atoms with Gasteiger partial charge in [-0.15, -0.1) is 0 Å². The lowest BCUT2D eigenvalue weighted by Gasteiger charge is -2.33.